The molecular weight excluding hydrogens is 202 g/mol. The predicted molar refractivity (Wildman–Crippen MR) is 61.2 cm³/mol. The molecule has 2 heterocycles. The molecule has 0 bridgehead atoms. The second-order valence-electron chi connectivity index (χ2n) is 3.51. The second kappa shape index (κ2) is 4.72. The molecule has 4 heteroatoms. The van der Waals surface area contributed by atoms with E-state index >= 15 is 0 Å². The van der Waals surface area contributed by atoms with Crippen LogP contribution in [0.5, 0.6) is 0 Å². The first kappa shape index (κ1) is 10.6. The second-order valence-corrected chi connectivity index (χ2v) is 3.51. The molecule has 0 radical (unpaired) electrons. The average molecular weight is 215 g/mol. The third-order valence-corrected chi connectivity index (χ3v) is 2.33. The van der Waals surface area contributed by atoms with E-state index in [0.717, 1.165) is 12.0 Å². The number of rotatable bonds is 3. The molecule has 0 saturated heterocycles. The molecule has 4 nitrogen and oxygen atoms in total. The standard InChI is InChI=1S/C12H13N3O/c13-5-3-10-4-7-15(9-10)12(16)11-2-1-6-14-8-11/h1-2,4,6-9H,3,5,13H2. The molecule has 0 aliphatic rings. The number of hydrogen-bond donors (Lipinski definition) is 1. The first-order valence-corrected chi connectivity index (χ1v) is 5.13. The maximum Gasteiger partial charge on any atom is 0.263 e. The van der Waals surface area contributed by atoms with Crippen molar-refractivity contribution in [2.75, 3.05) is 6.54 Å². The highest BCUT2D eigenvalue weighted by Gasteiger charge is 2.07. The number of hydrogen-bond acceptors (Lipinski definition) is 3. The lowest BCUT2D eigenvalue weighted by Gasteiger charge is -2.00. The van der Waals surface area contributed by atoms with Gasteiger partial charge in [0.25, 0.3) is 5.91 Å². The zero-order chi connectivity index (χ0) is 11.4. The van der Waals surface area contributed by atoms with Crippen LogP contribution in [0, 0.1) is 0 Å². The Labute approximate surface area is 93.7 Å². The molecule has 2 N–H and O–H groups in total. The molecule has 0 fully saturated rings. The number of carbonyl (C=O) groups is 1. The van der Waals surface area contributed by atoms with Crippen molar-refractivity contribution in [3.05, 3.63) is 54.1 Å². The van der Waals surface area contributed by atoms with Gasteiger partial charge in [-0.05, 0) is 36.7 Å². The van der Waals surface area contributed by atoms with Crippen LogP contribution in [0.3, 0.4) is 0 Å². The van der Waals surface area contributed by atoms with Gasteiger partial charge in [-0.25, -0.2) is 0 Å². The number of carbonyl (C=O) groups excluding carboxylic acids is 1. The van der Waals surface area contributed by atoms with E-state index < -0.39 is 0 Å². The van der Waals surface area contributed by atoms with Crippen molar-refractivity contribution < 1.29 is 4.79 Å². The quantitative estimate of drug-likeness (QED) is 0.833. The number of nitrogens with zero attached hydrogens (tertiary/aromatic N) is 2. The summed E-state index contributed by atoms with van der Waals surface area (Å²) in [6, 6.07) is 5.40. The van der Waals surface area contributed by atoms with Crippen LogP contribution in [-0.4, -0.2) is 22.0 Å². The normalized spacial score (nSPS) is 10.3. The largest absolute Gasteiger partial charge is 0.330 e. The summed E-state index contributed by atoms with van der Waals surface area (Å²) in [7, 11) is 0. The minimum atomic E-state index is -0.0728. The van der Waals surface area contributed by atoms with Crippen molar-refractivity contribution in [2.45, 2.75) is 6.42 Å². The lowest BCUT2D eigenvalue weighted by atomic mass is 10.2. The van der Waals surface area contributed by atoms with Crippen LogP contribution in [0.2, 0.25) is 0 Å². The van der Waals surface area contributed by atoms with E-state index in [1.165, 1.54) is 0 Å². The van der Waals surface area contributed by atoms with E-state index in [-0.39, 0.29) is 5.91 Å². The van der Waals surface area contributed by atoms with Crippen molar-refractivity contribution >= 4 is 5.91 Å². The fraction of sp³-hybridized carbons (Fsp3) is 0.167. The zero-order valence-corrected chi connectivity index (χ0v) is 8.84. The Balaban J connectivity index is 2.21. The van der Waals surface area contributed by atoms with Crippen molar-refractivity contribution in [3.63, 3.8) is 0 Å². The fourth-order valence-electron chi connectivity index (χ4n) is 1.52. The first-order chi connectivity index (χ1) is 7.81. The Morgan fingerprint density at radius 2 is 2.31 bits per heavy atom. The third kappa shape index (κ3) is 2.17. The van der Waals surface area contributed by atoms with Gasteiger partial charge in [-0.15, -0.1) is 0 Å². The summed E-state index contributed by atoms with van der Waals surface area (Å²) in [5.74, 6) is -0.0728. The predicted octanol–water partition coefficient (Wildman–Crippen LogP) is 1.07. The van der Waals surface area contributed by atoms with Crippen LogP contribution in [-0.2, 0) is 6.42 Å². The van der Waals surface area contributed by atoms with Gasteiger partial charge in [0.1, 0.15) is 0 Å². The fourth-order valence-corrected chi connectivity index (χ4v) is 1.52. The molecule has 0 unspecified atom stereocenters. The zero-order valence-electron chi connectivity index (χ0n) is 8.84. The molecule has 82 valence electrons. The smallest absolute Gasteiger partial charge is 0.263 e. The van der Waals surface area contributed by atoms with Gasteiger partial charge < -0.3 is 5.73 Å². The van der Waals surface area contributed by atoms with E-state index in [1.54, 1.807) is 35.3 Å². The number of nitrogens with two attached hydrogens (primary N) is 1. The van der Waals surface area contributed by atoms with E-state index in [1.807, 2.05) is 12.3 Å². The highest BCUT2D eigenvalue weighted by molar-refractivity contribution is 5.95. The summed E-state index contributed by atoms with van der Waals surface area (Å²) in [5.41, 5.74) is 7.10. The van der Waals surface area contributed by atoms with Crippen molar-refractivity contribution in [1.29, 1.82) is 0 Å². The Hall–Kier alpha value is -1.94. The summed E-state index contributed by atoms with van der Waals surface area (Å²) in [4.78, 5) is 15.9. The van der Waals surface area contributed by atoms with Crippen molar-refractivity contribution in [3.8, 4) is 0 Å². The summed E-state index contributed by atoms with van der Waals surface area (Å²) in [6.07, 6.45) is 7.55. The van der Waals surface area contributed by atoms with Crippen LogP contribution in [0.15, 0.2) is 43.0 Å². The summed E-state index contributed by atoms with van der Waals surface area (Å²) < 4.78 is 1.56. The molecule has 0 saturated carbocycles. The molecule has 0 amide bonds. The maximum atomic E-state index is 12.0. The number of pyridine rings is 1. The molecule has 0 aromatic carbocycles. The van der Waals surface area contributed by atoms with Gasteiger partial charge in [-0.1, -0.05) is 0 Å². The van der Waals surface area contributed by atoms with Gasteiger partial charge in [0, 0.05) is 24.8 Å². The van der Waals surface area contributed by atoms with E-state index in [9.17, 15) is 4.79 Å². The minimum Gasteiger partial charge on any atom is -0.330 e. The topological polar surface area (TPSA) is 60.9 Å². The van der Waals surface area contributed by atoms with Crippen molar-refractivity contribution in [2.24, 2.45) is 5.73 Å². The molecular formula is C12H13N3O. The highest BCUT2D eigenvalue weighted by atomic mass is 16.2. The Morgan fingerprint density at radius 1 is 1.44 bits per heavy atom. The molecule has 2 aromatic rings. The Kier molecular flexibility index (Phi) is 3.12. The van der Waals surface area contributed by atoms with Gasteiger partial charge >= 0.3 is 0 Å². The van der Waals surface area contributed by atoms with Crippen LogP contribution in [0.1, 0.15) is 15.9 Å². The Bertz CT molecular complexity index is 476. The molecule has 0 aliphatic heterocycles. The van der Waals surface area contributed by atoms with Gasteiger partial charge in [-0.3, -0.25) is 14.3 Å². The molecule has 2 aromatic heterocycles. The van der Waals surface area contributed by atoms with E-state index in [0.29, 0.717) is 12.1 Å². The van der Waals surface area contributed by atoms with Crippen LogP contribution >= 0.6 is 0 Å². The summed E-state index contributed by atoms with van der Waals surface area (Å²) >= 11 is 0. The number of aromatic nitrogens is 2. The molecule has 16 heavy (non-hydrogen) atoms. The lowest BCUT2D eigenvalue weighted by Crippen LogP contribution is -2.10. The monoisotopic (exact) mass is 215 g/mol. The van der Waals surface area contributed by atoms with Crippen molar-refractivity contribution in [1.82, 2.24) is 9.55 Å². The van der Waals surface area contributed by atoms with E-state index in [4.69, 9.17) is 5.73 Å². The van der Waals surface area contributed by atoms with Crippen LogP contribution in [0.4, 0.5) is 0 Å². The highest BCUT2D eigenvalue weighted by Crippen LogP contribution is 2.05. The maximum absolute atomic E-state index is 12.0. The minimum absolute atomic E-state index is 0.0728. The molecule has 0 atom stereocenters. The molecule has 2 rings (SSSR count). The van der Waals surface area contributed by atoms with E-state index in [2.05, 4.69) is 4.98 Å². The SMILES string of the molecule is NCCc1ccn(C(=O)c2cccnc2)c1. The summed E-state index contributed by atoms with van der Waals surface area (Å²) in [5, 5.41) is 0. The van der Waals surface area contributed by atoms with Gasteiger partial charge in [-0.2, -0.15) is 0 Å². The van der Waals surface area contributed by atoms with Gasteiger partial charge in [0.05, 0.1) is 5.56 Å². The van der Waals surface area contributed by atoms with Gasteiger partial charge in [0.15, 0.2) is 0 Å². The average Bonchev–Trinajstić information content (AvgIpc) is 2.78. The first-order valence-electron chi connectivity index (χ1n) is 5.13. The van der Waals surface area contributed by atoms with Gasteiger partial charge in [0.2, 0.25) is 0 Å². The molecule has 0 aliphatic carbocycles. The Morgan fingerprint density at radius 3 is 3.00 bits per heavy atom. The lowest BCUT2D eigenvalue weighted by molar-refractivity contribution is 0.0960. The summed E-state index contributed by atoms with van der Waals surface area (Å²) in [6.45, 7) is 0.588. The van der Waals surface area contributed by atoms with Crippen LogP contribution < -0.4 is 5.73 Å². The third-order valence-electron chi connectivity index (χ3n) is 2.33. The van der Waals surface area contributed by atoms with Crippen LogP contribution in [0.25, 0.3) is 0 Å². The molecule has 0 spiro atoms.